The molecule has 1 atom stereocenters. The molecule has 0 saturated carbocycles. The van der Waals surface area contributed by atoms with Gasteiger partial charge in [-0.1, -0.05) is 37.3 Å². The maximum absolute atomic E-state index is 13.0. The van der Waals surface area contributed by atoms with Gasteiger partial charge in [0.2, 0.25) is 5.91 Å². The quantitative estimate of drug-likeness (QED) is 0.779. The zero-order chi connectivity index (χ0) is 19.9. The van der Waals surface area contributed by atoms with Gasteiger partial charge in [-0.15, -0.1) is 0 Å². The largest absolute Gasteiger partial charge is 0.497 e. The van der Waals surface area contributed by atoms with E-state index in [1.54, 1.807) is 7.11 Å². The average Bonchev–Trinajstić information content (AvgIpc) is 2.74. The first-order valence-electron chi connectivity index (χ1n) is 9.69. The zero-order valence-electron chi connectivity index (χ0n) is 16.5. The number of hydrogen-bond donors (Lipinski definition) is 1. The number of nitrogens with zero attached hydrogens (tertiary/aromatic N) is 1. The number of methoxy groups -OCH3 is 1. The van der Waals surface area contributed by atoms with Gasteiger partial charge in [-0.05, 0) is 48.2 Å². The second kappa shape index (κ2) is 9.51. The molecule has 1 heterocycles. The third-order valence-corrected chi connectivity index (χ3v) is 5.14. The van der Waals surface area contributed by atoms with Crippen LogP contribution in [0.5, 0.6) is 5.75 Å². The molecule has 148 valence electrons. The molecule has 0 fully saturated rings. The average molecular weight is 382 g/mol. The van der Waals surface area contributed by atoms with Gasteiger partial charge in [-0.25, -0.2) is 4.39 Å². The molecule has 28 heavy (non-hydrogen) atoms. The van der Waals surface area contributed by atoms with Gasteiger partial charge >= 0.3 is 0 Å². The summed E-state index contributed by atoms with van der Waals surface area (Å²) in [4.78, 5) is 15.0. The van der Waals surface area contributed by atoms with E-state index in [4.69, 9.17) is 4.74 Å². The fourth-order valence-corrected chi connectivity index (χ4v) is 3.42. The first-order chi connectivity index (χ1) is 13.6. The van der Waals surface area contributed by atoms with Crippen molar-refractivity contribution in [3.05, 3.63) is 77.1 Å². The summed E-state index contributed by atoms with van der Waals surface area (Å²) in [6.45, 7) is 4.36. The number of hydrogen-bond acceptors (Lipinski definition) is 3. The molecular weight excluding hydrogens is 355 g/mol. The Labute approximate surface area is 166 Å². The highest BCUT2D eigenvalue weighted by Crippen LogP contribution is 2.22. The van der Waals surface area contributed by atoms with Crippen LogP contribution in [0.25, 0.3) is 0 Å². The Morgan fingerprint density at radius 1 is 1.18 bits per heavy atom. The Morgan fingerprint density at radius 2 is 1.89 bits per heavy atom. The molecule has 5 heteroatoms. The molecule has 3 rings (SSSR count). The number of benzene rings is 2. The zero-order valence-corrected chi connectivity index (χ0v) is 16.5. The van der Waals surface area contributed by atoms with E-state index in [-0.39, 0.29) is 17.8 Å². The van der Waals surface area contributed by atoms with Crippen LogP contribution in [-0.2, 0) is 11.3 Å². The standard InChI is InChI=1S/C23H27FN2O2/c1-3-22(18-6-10-21(28-2)11-7-18)25-23(27)19-12-14-26(15-13-19)16-17-4-8-20(24)9-5-17/h4-12,22H,3,13-16H2,1-2H3,(H,25,27)/t22-/m1/s1. The molecule has 0 spiro atoms. The first kappa shape index (κ1) is 20.1. The van der Waals surface area contributed by atoms with E-state index in [2.05, 4.69) is 17.1 Å². The number of halogens is 1. The number of carbonyl (C=O) groups is 1. The van der Waals surface area contributed by atoms with Crippen molar-refractivity contribution in [2.45, 2.75) is 32.4 Å². The van der Waals surface area contributed by atoms with E-state index in [1.807, 2.05) is 42.5 Å². The molecule has 0 aromatic heterocycles. The molecule has 1 aliphatic rings. The van der Waals surface area contributed by atoms with Gasteiger partial charge in [-0.2, -0.15) is 0 Å². The number of nitrogens with one attached hydrogen (secondary N) is 1. The molecule has 4 nitrogen and oxygen atoms in total. The lowest BCUT2D eigenvalue weighted by Crippen LogP contribution is -2.35. The van der Waals surface area contributed by atoms with Crippen molar-refractivity contribution in [2.24, 2.45) is 0 Å². The Bertz CT molecular complexity index is 816. The third-order valence-electron chi connectivity index (χ3n) is 5.14. The fraction of sp³-hybridized carbons (Fsp3) is 0.348. The van der Waals surface area contributed by atoms with Gasteiger partial charge in [0, 0.05) is 25.2 Å². The number of rotatable bonds is 7. The Hall–Kier alpha value is -2.66. The molecule has 0 aliphatic carbocycles. The molecular formula is C23H27FN2O2. The van der Waals surface area contributed by atoms with E-state index >= 15 is 0 Å². The molecule has 0 unspecified atom stereocenters. The Balaban J connectivity index is 1.56. The Kier molecular flexibility index (Phi) is 6.82. The van der Waals surface area contributed by atoms with Crippen LogP contribution in [0, 0.1) is 5.82 Å². The van der Waals surface area contributed by atoms with Gasteiger partial charge in [0.25, 0.3) is 0 Å². The predicted octanol–water partition coefficient (Wildman–Crippen LogP) is 4.23. The minimum Gasteiger partial charge on any atom is -0.497 e. The van der Waals surface area contributed by atoms with Crippen LogP contribution in [0.3, 0.4) is 0 Å². The lowest BCUT2D eigenvalue weighted by Gasteiger charge is -2.27. The monoisotopic (exact) mass is 382 g/mol. The van der Waals surface area contributed by atoms with Crippen LogP contribution < -0.4 is 10.1 Å². The van der Waals surface area contributed by atoms with E-state index in [9.17, 15) is 9.18 Å². The third kappa shape index (κ3) is 5.20. The van der Waals surface area contributed by atoms with E-state index < -0.39 is 0 Å². The van der Waals surface area contributed by atoms with Crippen LogP contribution in [0.2, 0.25) is 0 Å². The molecule has 0 radical (unpaired) electrons. The summed E-state index contributed by atoms with van der Waals surface area (Å²) in [5.74, 6) is 0.592. The van der Waals surface area contributed by atoms with E-state index in [1.165, 1.54) is 12.1 Å². The lowest BCUT2D eigenvalue weighted by molar-refractivity contribution is -0.118. The van der Waals surface area contributed by atoms with Gasteiger partial charge in [0.1, 0.15) is 11.6 Å². The molecule has 1 N–H and O–H groups in total. The van der Waals surface area contributed by atoms with Crippen LogP contribution >= 0.6 is 0 Å². The number of ether oxygens (including phenoxy) is 1. The van der Waals surface area contributed by atoms with Crippen LogP contribution in [0.1, 0.15) is 36.9 Å². The molecule has 0 saturated heterocycles. The number of carbonyl (C=O) groups excluding carboxylic acids is 1. The maximum atomic E-state index is 13.0. The van der Waals surface area contributed by atoms with Crippen molar-refractivity contribution in [1.82, 2.24) is 10.2 Å². The van der Waals surface area contributed by atoms with Gasteiger partial charge in [0.15, 0.2) is 0 Å². The second-order valence-electron chi connectivity index (χ2n) is 7.05. The first-order valence-corrected chi connectivity index (χ1v) is 9.69. The summed E-state index contributed by atoms with van der Waals surface area (Å²) in [6.07, 6.45) is 3.54. The summed E-state index contributed by atoms with van der Waals surface area (Å²) in [7, 11) is 1.64. The van der Waals surface area contributed by atoms with Crippen molar-refractivity contribution >= 4 is 5.91 Å². The van der Waals surface area contributed by atoms with Gasteiger partial charge in [0.05, 0.1) is 13.2 Å². The van der Waals surface area contributed by atoms with Crippen LogP contribution in [0.15, 0.2) is 60.2 Å². The predicted molar refractivity (Wildman–Crippen MR) is 109 cm³/mol. The van der Waals surface area contributed by atoms with Crippen molar-refractivity contribution < 1.29 is 13.9 Å². The lowest BCUT2D eigenvalue weighted by atomic mass is 10.0. The summed E-state index contributed by atoms with van der Waals surface area (Å²) < 4.78 is 18.2. The Morgan fingerprint density at radius 3 is 2.46 bits per heavy atom. The summed E-state index contributed by atoms with van der Waals surface area (Å²) in [6, 6.07) is 14.4. The molecule has 1 amide bonds. The van der Waals surface area contributed by atoms with Crippen molar-refractivity contribution in [3.8, 4) is 5.75 Å². The molecule has 2 aromatic carbocycles. The minimum atomic E-state index is -0.219. The van der Waals surface area contributed by atoms with Crippen molar-refractivity contribution in [2.75, 3.05) is 20.2 Å². The summed E-state index contributed by atoms with van der Waals surface area (Å²) >= 11 is 0. The SMILES string of the molecule is CC[C@@H](NC(=O)C1=CCN(Cc2ccc(F)cc2)CC1)c1ccc(OC)cc1. The minimum absolute atomic E-state index is 0.00380. The highest BCUT2D eigenvalue weighted by atomic mass is 19.1. The highest BCUT2D eigenvalue weighted by molar-refractivity contribution is 5.93. The second-order valence-corrected chi connectivity index (χ2v) is 7.05. The smallest absolute Gasteiger partial charge is 0.247 e. The van der Waals surface area contributed by atoms with Gasteiger partial charge < -0.3 is 10.1 Å². The van der Waals surface area contributed by atoms with Gasteiger partial charge in [-0.3, -0.25) is 9.69 Å². The maximum Gasteiger partial charge on any atom is 0.247 e. The number of amides is 1. The fourth-order valence-electron chi connectivity index (χ4n) is 3.42. The summed E-state index contributed by atoms with van der Waals surface area (Å²) in [5, 5.41) is 3.15. The molecule has 1 aliphatic heterocycles. The van der Waals surface area contributed by atoms with E-state index in [0.717, 1.165) is 48.5 Å². The molecule has 2 aromatic rings. The summed E-state index contributed by atoms with van der Waals surface area (Å²) in [5.41, 5.74) is 2.99. The van der Waals surface area contributed by atoms with Crippen LogP contribution in [-0.4, -0.2) is 31.0 Å². The normalized spacial score (nSPS) is 15.6. The van der Waals surface area contributed by atoms with Crippen LogP contribution in [0.4, 0.5) is 4.39 Å². The molecule has 0 bridgehead atoms. The van der Waals surface area contributed by atoms with E-state index in [0.29, 0.717) is 6.42 Å². The topological polar surface area (TPSA) is 41.6 Å². The van der Waals surface area contributed by atoms with Crippen molar-refractivity contribution in [1.29, 1.82) is 0 Å². The highest BCUT2D eigenvalue weighted by Gasteiger charge is 2.20. The van der Waals surface area contributed by atoms with Crippen molar-refractivity contribution in [3.63, 3.8) is 0 Å².